The lowest BCUT2D eigenvalue weighted by atomic mass is 9.97. The number of alkyl halides is 2. The second-order valence-electron chi connectivity index (χ2n) is 18.3. The van der Waals surface area contributed by atoms with Crippen LogP contribution in [0, 0.1) is 17.3 Å². The Bertz CT molecular complexity index is 2570. The fraction of sp³-hybridized carbons (Fsp3) is 0.458. The van der Waals surface area contributed by atoms with Gasteiger partial charge in [0.05, 0.1) is 56.7 Å². The van der Waals surface area contributed by atoms with Gasteiger partial charge < -0.3 is 44.6 Å². The Morgan fingerprint density at radius 3 is 2.09 bits per heavy atom. The molecular weight excluding hydrogens is 839 g/mol. The van der Waals surface area contributed by atoms with Crippen molar-refractivity contribution in [1.29, 1.82) is 0 Å². The Balaban J connectivity index is 0.883. The first kappa shape index (κ1) is 43.9. The largest absolute Gasteiger partial charge is 0.453 e. The maximum Gasteiger partial charge on any atom is 0.407 e. The number of carbonyl (C=O) groups is 4. The van der Waals surface area contributed by atoms with E-state index in [0.29, 0.717) is 12.4 Å². The maximum atomic E-state index is 14.0. The molecule has 5 aromatic rings. The van der Waals surface area contributed by atoms with Crippen molar-refractivity contribution in [2.45, 2.75) is 95.6 Å². The van der Waals surface area contributed by atoms with Crippen LogP contribution in [0.2, 0.25) is 0 Å². The molecule has 4 N–H and O–H groups in total. The number of alkyl carbamates (subject to hydrolysis) is 2. The predicted octanol–water partition coefficient (Wildman–Crippen LogP) is 8.13. The molecular formula is C48H54F2N8O7. The van der Waals surface area contributed by atoms with Crippen molar-refractivity contribution in [2.75, 3.05) is 27.4 Å². The van der Waals surface area contributed by atoms with Gasteiger partial charge in [0.25, 0.3) is 0 Å². The summed E-state index contributed by atoms with van der Waals surface area (Å²) < 4.78 is 39.5. The molecule has 2 aromatic heterocycles. The molecule has 2 saturated heterocycles. The number of aromatic amines is 2. The zero-order valence-electron chi connectivity index (χ0n) is 36.8. The number of nitrogens with zero attached hydrogens (tertiary/aromatic N) is 4. The molecule has 15 nitrogen and oxygen atoms in total. The molecule has 2 bridgehead atoms. The van der Waals surface area contributed by atoms with Crippen LogP contribution in [0.3, 0.4) is 0 Å². The molecule has 2 saturated carbocycles. The van der Waals surface area contributed by atoms with Gasteiger partial charge in [-0.25, -0.2) is 19.6 Å². The van der Waals surface area contributed by atoms with Crippen molar-refractivity contribution in [3.05, 3.63) is 84.7 Å². The predicted molar refractivity (Wildman–Crippen MR) is 236 cm³/mol. The van der Waals surface area contributed by atoms with Gasteiger partial charge in [0.15, 0.2) is 0 Å². The number of hydrogen-bond donors (Lipinski definition) is 4. The lowest BCUT2D eigenvalue weighted by Crippen LogP contribution is -2.52. The summed E-state index contributed by atoms with van der Waals surface area (Å²) in [5.41, 5.74) is 5.74. The lowest BCUT2D eigenvalue weighted by Gasteiger charge is -2.36. The van der Waals surface area contributed by atoms with Crippen molar-refractivity contribution in [2.24, 2.45) is 17.3 Å². The molecule has 6 atom stereocenters. The highest BCUT2D eigenvalue weighted by Gasteiger charge is 2.55. The summed E-state index contributed by atoms with van der Waals surface area (Å²) in [5, 5.41) is 7.39. The van der Waals surface area contributed by atoms with E-state index in [4.69, 9.17) is 19.4 Å². The average molecular weight is 893 g/mol. The molecule has 2 aliphatic carbocycles. The van der Waals surface area contributed by atoms with Crippen molar-refractivity contribution in [3.63, 3.8) is 0 Å². The number of aromatic nitrogens is 4. The van der Waals surface area contributed by atoms with E-state index in [0.717, 1.165) is 88.8 Å². The number of methoxy groups -OCH3 is 2. The van der Waals surface area contributed by atoms with Crippen LogP contribution in [-0.4, -0.2) is 106 Å². The zero-order valence-corrected chi connectivity index (χ0v) is 36.8. The van der Waals surface area contributed by atoms with Crippen molar-refractivity contribution < 1.29 is 42.2 Å². The van der Waals surface area contributed by atoms with Gasteiger partial charge in [0.1, 0.15) is 23.7 Å². The standard InChI is InChI=1S/C48H54F2N8O7/c1-26(2)39(56-47(62)64-4)44(60)57-25-48(16-17-48)22-38(57)41-51-24-37(53-41)32-12-11-30-19-29(9-10-31(30)20-32)27-5-7-28(8-6-27)36-23-52-42(54-36)40-33-13-14-34(21-33)58(40)43(59)35(55-46(61)63-3)15-18-65-45(49)50/h5-12,19-20,23-24,26,33-35,38-40,45H,13-18,21-22,25H2,1-4H3,(H,51,53)(H,52,54)(H,55,61)(H,56,62)/t33-,34+,35-,38-,39?,40-/m0/s1. The third-order valence-corrected chi connectivity index (χ3v) is 13.9. The number of nitrogens with one attached hydrogen (secondary N) is 4. The number of hydrogen-bond acceptors (Lipinski definition) is 9. The molecule has 3 aromatic carbocycles. The average Bonchev–Trinajstić information content (AvgIpc) is 3.94. The van der Waals surface area contributed by atoms with E-state index in [2.05, 4.69) is 73.9 Å². The molecule has 0 radical (unpaired) electrons. The van der Waals surface area contributed by atoms with E-state index in [1.54, 1.807) is 11.1 Å². The quantitative estimate of drug-likeness (QED) is 0.0855. The number of rotatable bonds is 14. The molecule has 4 heterocycles. The molecule has 4 aliphatic rings. The van der Waals surface area contributed by atoms with Crippen LogP contribution < -0.4 is 10.6 Å². The van der Waals surface area contributed by atoms with Crippen LogP contribution in [0.4, 0.5) is 18.4 Å². The van der Waals surface area contributed by atoms with Gasteiger partial charge in [-0.05, 0) is 95.4 Å². The molecule has 4 fully saturated rings. The highest BCUT2D eigenvalue weighted by molar-refractivity contribution is 5.91. The summed E-state index contributed by atoms with van der Waals surface area (Å²) in [4.78, 5) is 72.3. The third-order valence-electron chi connectivity index (χ3n) is 13.9. The Morgan fingerprint density at radius 1 is 0.800 bits per heavy atom. The Hall–Kier alpha value is -6.36. The summed E-state index contributed by atoms with van der Waals surface area (Å²) in [7, 11) is 2.47. The number of likely N-dealkylation sites (tertiary alicyclic amines) is 2. The van der Waals surface area contributed by atoms with Crippen molar-refractivity contribution in [3.8, 4) is 33.6 Å². The van der Waals surface area contributed by atoms with E-state index in [9.17, 15) is 28.0 Å². The van der Waals surface area contributed by atoms with Gasteiger partial charge in [-0.15, -0.1) is 0 Å². The first-order chi connectivity index (χ1) is 31.3. The molecule has 2 aliphatic heterocycles. The number of carbonyl (C=O) groups excluding carboxylic acids is 4. The van der Waals surface area contributed by atoms with E-state index in [1.807, 2.05) is 37.1 Å². The van der Waals surface area contributed by atoms with E-state index < -0.39 is 37.5 Å². The third kappa shape index (κ3) is 8.89. The minimum absolute atomic E-state index is 0.0560. The Morgan fingerprint density at radius 2 is 1.42 bits per heavy atom. The fourth-order valence-electron chi connectivity index (χ4n) is 10.2. The summed E-state index contributed by atoms with van der Waals surface area (Å²) in [6.07, 6.45) is 7.49. The van der Waals surface area contributed by atoms with Crippen LogP contribution in [0.5, 0.6) is 0 Å². The highest BCUT2D eigenvalue weighted by Crippen LogP contribution is 2.58. The number of benzene rings is 3. The van der Waals surface area contributed by atoms with Crippen LogP contribution in [0.25, 0.3) is 44.4 Å². The van der Waals surface area contributed by atoms with Crippen LogP contribution in [0.15, 0.2) is 73.1 Å². The molecule has 1 unspecified atom stereocenters. The Labute approximate surface area is 375 Å². The minimum atomic E-state index is -2.99. The highest BCUT2D eigenvalue weighted by atomic mass is 19.3. The molecule has 1 spiro atoms. The second-order valence-corrected chi connectivity index (χ2v) is 18.3. The number of halogens is 2. The molecule has 342 valence electrons. The van der Waals surface area contributed by atoms with Crippen molar-refractivity contribution >= 4 is 34.8 Å². The van der Waals surface area contributed by atoms with Crippen LogP contribution in [0.1, 0.15) is 82.5 Å². The second kappa shape index (κ2) is 17.9. The van der Waals surface area contributed by atoms with Crippen LogP contribution in [-0.2, 0) is 23.8 Å². The van der Waals surface area contributed by atoms with Gasteiger partial charge in [0, 0.05) is 24.6 Å². The summed E-state index contributed by atoms with van der Waals surface area (Å²) in [6, 6.07) is 18.4. The van der Waals surface area contributed by atoms with E-state index in [1.165, 1.54) is 14.2 Å². The summed E-state index contributed by atoms with van der Waals surface area (Å²) >= 11 is 0. The number of piperidine rings is 1. The number of amides is 4. The molecule has 65 heavy (non-hydrogen) atoms. The zero-order chi connectivity index (χ0) is 45.6. The molecule has 9 rings (SSSR count). The van der Waals surface area contributed by atoms with Gasteiger partial charge >= 0.3 is 18.8 Å². The number of imidazole rings is 2. The van der Waals surface area contributed by atoms with Gasteiger partial charge in [-0.1, -0.05) is 62.4 Å². The lowest BCUT2D eigenvalue weighted by molar-refractivity contribution is -0.144. The van der Waals surface area contributed by atoms with Gasteiger partial charge in [-0.3, -0.25) is 9.59 Å². The number of ether oxygens (including phenoxy) is 3. The normalized spacial score (nSPS) is 21.6. The number of fused-ring (bicyclic) bond motifs is 3. The first-order valence-electron chi connectivity index (χ1n) is 22.3. The van der Waals surface area contributed by atoms with E-state index in [-0.39, 0.29) is 53.6 Å². The maximum absolute atomic E-state index is 14.0. The topological polar surface area (TPSA) is 184 Å². The summed E-state index contributed by atoms with van der Waals surface area (Å²) in [6.45, 7) is 1.07. The molecule has 4 amide bonds. The first-order valence-corrected chi connectivity index (χ1v) is 22.3. The fourth-order valence-corrected chi connectivity index (χ4v) is 10.2. The minimum Gasteiger partial charge on any atom is -0.453 e. The van der Waals surface area contributed by atoms with Crippen molar-refractivity contribution in [1.82, 2.24) is 40.4 Å². The smallest absolute Gasteiger partial charge is 0.407 e. The summed E-state index contributed by atoms with van der Waals surface area (Å²) in [5.74, 6) is 0.915. The molecule has 17 heteroatoms. The SMILES string of the molecule is COC(=O)NC(C(=O)N1CC2(CC2)C[C@H]1c1ncc(-c2ccc3cc(-c4ccc(-c5cnc([C@@H]6[C@H]7CC[C@H](C7)N6C(=O)[C@H](CCOC(F)F)NC(=O)OC)[nH]5)cc4)ccc3c2)[nH]1)C(C)C. The van der Waals surface area contributed by atoms with E-state index >= 15 is 0 Å². The number of H-pyrrole nitrogens is 2. The van der Waals surface area contributed by atoms with Gasteiger partial charge in [-0.2, -0.15) is 8.78 Å². The van der Waals surface area contributed by atoms with Crippen LogP contribution >= 0.6 is 0 Å². The monoisotopic (exact) mass is 892 g/mol. The van der Waals surface area contributed by atoms with Gasteiger partial charge in [0.2, 0.25) is 11.8 Å². The Kier molecular flexibility index (Phi) is 12.1.